The van der Waals surface area contributed by atoms with Crippen molar-refractivity contribution in [3.63, 3.8) is 0 Å². The van der Waals surface area contributed by atoms with Gasteiger partial charge in [-0.25, -0.2) is 0 Å². The van der Waals surface area contributed by atoms with E-state index in [2.05, 4.69) is 19.9 Å². The second kappa shape index (κ2) is 18.3. The summed E-state index contributed by atoms with van der Waals surface area (Å²) in [5, 5.41) is 10.5. The van der Waals surface area contributed by atoms with E-state index in [1.54, 1.807) is 28.4 Å². The molecular weight excluding hydrogens is 532 g/mol. The molecule has 0 aliphatic carbocycles. The minimum atomic E-state index is -0.857. The topological polar surface area (TPSA) is 105 Å². The van der Waals surface area contributed by atoms with Gasteiger partial charge in [0.25, 0.3) is 0 Å². The van der Waals surface area contributed by atoms with Crippen molar-refractivity contribution in [1.82, 2.24) is 0 Å². The molecule has 0 saturated carbocycles. The Morgan fingerprint density at radius 1 is 0.762 bits per heavy atom. The molecule has 2 rings (SSSR count). The first-order valence-corrected chi connectivity index (χ1v) is 15.2. The molecule has 2 N–H and O–H groups in total. The molecule has 0 saturated heterocycles. The van der Waals surface area contributed by atoms with E-state index >= 15 is 0 Å². The lowest BCUT2D eigenvalue weighted by atomic mass is 9.78. The van der Waals surface area contributed by atoms with Crippen molar-refractivity contribution in [1.29, 1.82) is 5.26 Å². The van der Waals surface area contributed by atoms with Gasteiger partial charge in [-0.2, -0.15) is 5.26 Å². The van der Waals surface area contributed by atoms with Gasteiger partial charge in [-0.1, -0.05) is 45.6 Å². The average Bonchev–Trinajstić information content (AvgIpc) is 3.00. The Morgan fingerprint density at radius 3 is 1.98 bits per heavy atom. The fourth-order valence-electron chi connectivity index (χ4n) is 5.08. The molecule has 0 heterocycles. The van der Waals surface area contributed by atoms with E-state index in [1.807, 2.05) is 31.2 Å². The van der Waals surface area contributed by atoms with Crippen LogP contribution in [-0.4, -0.2) is 47.7 Å². The summed E-state index contributed by atoms with van der Waals surface area (Å²) in [6.45, 7) is 7.34. The number of ether oxygens (including phenoxy) is 6. The molecule has 0 amide bonds. The largest absolute Gasteiger partial charge is 0.493 e. The highest BCUT2D eigenvalue weighted by atomic mass is 16.5. The third-order valence-corrected chi connectivity index (χ3v) is 7.60. The van der Waals surface area contributed by atoms with Crippen LogP contribution in [0.5, 0.6) is 34.5 Å². The van der Waals surface area contributed by atoms with Gasteiger partial charge in [-0.05, 0) is 69.2 Å². The number of nitrogens with zero attached hydrogens (tertiary/aromatic N) is 1. The van der Waals surface area contributed by atoms with E-state index in [9.17, 15) is 5.26 Å². The number of nitrogens with two attached hydrogens (primary N) is 1. The van der Waals surface area contributed by atoms with E-state index in [0.717, 1.165) is 62.5 Å². The minimum absolute atomic E-state index is 0.0707. The van der Waals surface area contributed by atoms with Crippen LogP contribution in [0, 0.1) is 11.3 Å². The van der Waals surface area contributed by atoms with Crippen molar-refractivity contribution in [3.8, 4) is 40.6 Å². The molecule has 0 radical (unpaired) electrons. The maximum absolute atomic E-state index is 10.5. The summed E-state index contributed by atoms with van der Waals surface area (Å²) in [6.07, 6.45) is 8.96. The summed E-state index contributed by atoms with van der Waals surface area (Å²) in [5.41, 5.74) is 7.52. The van der Waals surface area contributed by atoms with E-state index in [0.29, 0.717) is 60.6 Å². The predicted molar refractivity (Wildman–Crippen MR) is 168 cm³/mol. The highest BCUT2D eigenvalue weighted by Gasteiger charge is 2.35. The van der Waals surface area contributed by atoms with Crippen LogP contribution in [0.25, 0.3) is 0 Å². The zero-order chi connectivity index (χ0) is 31.0. The lowest BCUT2D eigenvalue weighted by Gasteiger charge is -2.28. The van der Waals surface area contributed by atoms with Gasteiger partial charge >= 0.3 is 0 Å². The van der Waals surface area contributed by atoms with Gasteiger partial charge in [0.15, 0.2) is 23.0 Å². The first-order chi connectivity index (χ1) is 20.3. The van der Waals surface area contributed by atoms with Gasteiger partial charge in [0.2, 0.25) is 11.5 Å². The van der Waals surface area contributed by atoms with Crippen LogP contribution in [0.3, 0.4) is 0 Å². The molecule has 2 aromatic rings. The van der Waals surface area contributed by atoms with Gasteiger partial charge in [-0.3, -0.25) is 0 Å². The predicted octanol–water partition coefficient (Wildman–Crippen LogP) is 7.38. The first kappa shape index (κ1) is 34.9. The number of nitriles is 1. The van der Waals surface area contributed by atoms with Crippen LogP contribution in [-0.2, 0) is 11.8 Å². The van der Waals surface area contributed by atoms with Crippen LogP contribution >= 0.6 is 0 Å². The average molecular weight is 585 g/mol. The zero-order valence-corrected chi connectivity index (χ0v) is 26.8. The lowest BCUT2D eigenvalue weighted by Crippen LogP contribution is -2.26. The molecular formula is C34H52N2O6. The fraction of sp³-hybridized carbons (Fsp3) is 0.618. The van der Waals surface area contributed by atoms with Gasteiger partial charge in [-0.15, -0.1) is 0 Å². The standard InChI is InChI=1S/C34H52N2O6/c1-8-10-12-19-41-30-23-27(31(42-20-13-11-9-2)33(40-7)32(30)39-6)34(3,24-35)18-14-15-26(36)21-25-16-17-28(37-4)29(22-25)38-5/h16-17,22-23,26H,8-15,18-21,36H2,1-7H3. The number of methoxy groups -OCH3 is 4. The summed E-state index contributed by atoms with van der Waals surface area (Å²) in [7, 11) is 6.44. The first-order valence-electron chi connectivity index (χ1n) is 15.2. The Hall–Kier alpha value is -3.31. The maximum atomic E-state index is 10.5. The smallest absolute Gasteiger partial charge is 0.207 e. The normalized spacial score (nSPS) is 13.0. The Bertz CT molecular complexity index is 1130. The maximum Gasteiger partial charge on any atom is 0.207 e. The molecule has 0 bridgehead atoms. The van der Waals surface area contributed by atoms with Crippen molar-refractivity contribution >= 4 is 0 Å². The molecule has 2 aromatic carbocycles. The Balaban J connectivity index is 2.31. The lowest BCUT2D eigenvalue weighted by molar-refractivity contribution is 0.253. The second-order valence-corrected chi connectivity index (χ2v) is 10.9. The minimum Gasteiger partial charge on any atom is -0.493 e. The number of benzene rings is 2. The quantitative estimate of drug-likeness (QED) is 0.152. The van der Waals surface area contributed by atoms with Crippen molar-refractivity contribution in [3.05, 3.63) is 35.4 Å². The number of hydrogen-bond donors (Lipinski definition) is 1. The third-order valence-electron chi connectivity index (χ3n) is 7.60. The van der Waals surface area contributed by atoms with Crippen LogP contribution in [0.1, 0.15) is 89.7 Å². The van der Waals surface area contributed by atoms with E-state index in [-0.39, 0.29) is 6.04 Å². The third kappa shape index (κ3) is 9.62. The molecule has 234 valence electrons. The van der Waals surface area contributed by atoms with Crippen LogP contribution in [0.4, 0.5) is 0 Å². The van der Waals surface area contributed by atoms with Gasteiger partial charge in [0.05, 0.1) is 53.1 Å². The van der Waals surface area contributed by atoms with Gasteiger partial charge in [0.1, 0.15) is 0 Å². The van der Waals surface area contributed by atoms with Crippen molar-refractivity contribution in [2.24, 2.45) is 5.73 Å². The van der Waals surface area contributed by atoms with Crippen molar-refractivity contribution in [2.75, 3.05) is 41.7 Å². The van der Waals surface area contributed by atoms with E-state index < -0.39 is 5.41 Å². The Kier molecular flexibility index (Phi) is 15.2. The summed E-state index contributed by atoms with van der Waals surface area (Å²) >= 11 is 0. The fourth-order valence-corrected chi connectivity index (χ4v) is 5.08. The van der Waals surface area contributed by atoms with Gasteiger partial charge < -0.3 is 34.2 Å². The monoisotopic (exact) mass is 584 g/mol. The summed E-state index contributed by atoms with van der Waals surface area (Å²) in [4.78, 5) is 0. The Labute approximate surface area is 253 Å². The van der Waals surface area contributed by atoms with Crippen LogP contribution in [0.15, 0.2) is 24.3 Å². The van der Waals surface area contributed by atoms with Crippen LogP contribution < -0.4 is 34.2 Å². The Morgan fingerprint density at radius 2 is 1.40 bits per heavy atom. The highest BCUT2D eigenvalue weighted by molar-refractivity contribution is 5.65. The molecule has 0 aliphatic heterocycles. The molecule has 0 aromatic heterocycles. The van der Waals surface area contributed by atoms with Gasteiger partial charge in [0, 0.05) is 11.6 Å². The summed E-state index contributed by atoms with van der Waals surface area (Å²) in [6, 6.07) is 10.3. The molecule has 0 aliphatic rings. The molecule has 0 spiro atoms. The van der Waals surface area contributed by atoms with E-state index in [4.69, 9.17) is 34.2 Å². The van der Waals surface area contributed by atoms with Crippen molar-refractivity contribution in [2.45, 2.75) is 96.4 Å². The second-order valence-electron chi connectivity index (χ2n) is 10.9. The summed E-state index contributed by atoms with van der Waals surface area (Å²) in [5.74, 6) is 3.44. The summed E-state index contributed by atoms with van der Waals surface area (Å²) < 4.78 is 34.9. The zero-order valence-electron chi connectivity index (χ0n) is 26.8. The SMILES string of the molecule is CCCCCOc1cc(C(C)(C#N)CCCC(N)Cc2ccc(OC)c(OC)c2)c(OCCCCC)c(OC)c1OC. The van der Waals surface area contributed by atoms with Crippen molar-refractivity contribution < 1.29 is 28.4 Å². The van der Waals surface area contributed by atoms with Crippen LogP contribution in [0.2, 0.25) is 0 Å². The molecule has 0 fully saturated rings. The highest BCUT2D eigenvalue weighted by Crippen LogP contribution is 2.51. The number of unbranched alkanes of at least 4 members (excludes halogenated alkanes) is 4. The molecule has 2 atom stereocenters. The number of hydrogen-bond acceptors (Lipinski definition) is 8. The molecule has 2 unspecified atom stereocenters. The van der Waals surface area contributed by atoms with E-state index in [1.165, 1.54) is 0 Å². The molecule has 42 heavy (non-hydrogen) atoms. The molecule has 8 nitrogen and oxygen atoms in total. The number of rotatable bonds is 21. The molecule has 8 heteroatoms.